The monoisotopic (exact) mass is 412 g/mol. The summed E-state index contributed by atoms with van der Waals surface area (Å²) in [6.07, 6.45) is 4.57. The predicted octanol–water partition coefficient (Wildman–Crippen LogP) is 2.65. The molecule has 1 fully saturated rings. The van der Waals surface area contributed by atoms with Gasteiger partial charge in [-0.25, -0.2) is 4.79 Å². The van der Waals surface area contributed by atoms with Crippen molar-refractivity contribution in [2.24, 2.45) is 5.92 Å². The lowest BCUT2D eigenvalue weighted by Crippen LogP contribution is -2.44. The fourth-order valence-electron chi connectivity index (χ4n) is 2.57. The molecule has 1 saturated carbocycles. The van der Waals surface area contributed by atoms with E-state index in [-0.39, 0.29) is 24.5 Å². The summed E-state index contributed by atoms with van der Waals surface area (Å²) in [6, 6.07) is 5.67. The normalized spacial score (nSPS) is 15.5. The molecule has 0 saturated heterocycles. The molecule has 0 aliphatic heterocycles. The van der Waals surface area contributed by atoms with Crippen molar-refractivity contribution >= 4 is 41.1 Å². The van der Waals surface area contributed by atoms with Crippen LogP contribution in [0.25, 0.3) is 0 Å². The number of carbonyl (C=O) groups is 3. The number of esters is 1. The maximum Gasteiger partial charge on any atom is 0.329 e. The highest BCUT2D eigenvalue weighted by molar-refractivity contribution is 7.98. The largest absolute Gasteiger partial charge is 0.454 e. The summed E-state index contributed by atoms with van der Waals surface area (Å²) >= 11 is 7.38. The molecule has 0 unspecified atom stereocenters. The average molecular weight is 413 g/mol. The van der Waals surface area contributed by atoms with Gasteiger partial charge < -0.3 is 15.4 Å². The van der Waals surface area contributed by atoms with Gasteiger partial charge in [-0.2, -0.15) is 11.8 Å². The van der Waals surface area contributed by atoms with Crippen molar-refractivity contribution < 1.29 is 19.1 Å². The fourth-order valence-corrected chi connectivity index (χ4v) is 3.17. The van der Waals surface area contributed by atoms with Crippen LogP contribution in [0.4, 0.5) is 0 Å². The summed E-state index contributed by atoms with van der Waals surface area (Å²) in [5.74, 6) is -0.124. The van der Waals surface area contributed by atoms with E-state index in [9.17, 15) is 14.4 Å². The number of benzene rings is 1. The molecule has 0 bridgehead atoms. The molecule has 2 rings (SSSR count). The van der Waals surface area contributed by atoms with Gasteiger partial charge in [-0.3, -0.25) is 9.59 Å². The van der Waals surface area contributed by atoms with Gasteiger partial charge in [0, 0.05) is 16.6 Å². The van der Waals surface area contributed by atoms with Crippen molar-refractivity contribution in [3.8, 4) is 0 Å². The third kappa shape index (κ3) is 7.42. The SMILES string of the molecule is CSCC[C@@H](NC(=O)c1ccc(Cl)cc1)C(=O)OCC(=O)N[C@@H](C)C1CC1. The zero-order valence-corrected chi connectivity index (χ0v) is 17.1. The first-order valence-corrected chi connectivity index (χ1v) is 10.7. The predicted molar refractivity (Wildman–Crippen MR) is 107 cm³/mol. The fraction of sp³-hybridized carbons (Fsp3) is 0.526. The summed E-state index contributed by atoms with van der Waals surface area (Å²) in [6.45, 7) is 1.60. The van der Waals surface area contributed by atoms with Crippen LogP contribution in [0.3, 0.4) is 0 Å². The standard InChI is InChI=1S/C19H25ClN2O4S/c1-12(13-3-4-13)21-17(23)11-26-19(25)16(9-10-27-2)22-18(24)14-5-7-15(20)8-6-14/h5-8,12-13,16H,3-4,9-11H2,1-2H3,(H,21,23)(H,22,24)/t12-,16+/m0/s1. The lowest BCUT2D eigenvalue weighted by Gasteiger charge is -2.18. The summed E-state index contributed by atoms with van der Waals surface area (Å²) in [7, 11) is 0. The Morgan fingerprint density at radius 3 is 2.48 bits per heavy atom. The summed E-state index contributed by atoms with van der Waals surface area (Å²) in [5, 5.41) is 6.03. The number of rotatable bonds is 10. The number of thioether (sulfide) groups is 1. The molecule has 6 nitrogen and oxygen atoms in total. The molecule has 2 atom stereocenters. The Bertz CT molecular complexity index is 664. The van der Waals surface area contributed by atoms with Crippen molar-refractivity contribution in [2.45, 2.75) is 38.3 Å². The topological polar surface area (TPSA) is 84.5 Å². The van der Waals surface area contributed by atoms with Crippen LogP contribution in [0.5, 0.6) is 0 Å². The quantitative estimate of drug-likeness (QED) is 0.577. The van der Waals surface area contributed by atoms with Crippen molar-refractivity contribution in [3.05, 3.63) is 34.9 Å². The molecule has 1 aromatic carbocycles. The van der Waals surface area contributed by atoms with Gasteiger partial charge >= 0.3 is 5.97 Å². The molecule has 148 valence electrons. The maximum atomic E-state index is 12.4. The number of ether oxygens (including phenoxy) is 1. The molecular formula is C19H25ClN2O4S. The van der Waals surface area contributed by atoms with Crippen molar-refractivity contribution in [2.75, 3.05) is 18.6 Å². The number of hydrogen-bond donors (Lipinski definition) is 2. The molecule has 0 heterocycles. The van der Waals surface area contributed by atoms with Crippen molar-refractivity contribution in [1.29, 1.82) is 0 Å². The molecule has 1 aliphatic carbocycles. The van der Waals surface area contributed by atoms with Gasteiger partial charge in [0.1, 0.15) is 6.04 Å². The van der Waals surface area contributed by atoms with E-state index >= 15 is 0 Å². The highest BCUT2D eigenvalue weighted by Gasteiger charge is 2.29. The van der Waals surface area contributed by atoms with Gasteiger partial charge in [0.15, 0.2) is 6.61 Å². The molecule has 2 amide bonds. The average Bonchev–Trinajstić information content (AvgIpc) is 3.48. The first-order chi connectivity index (χ1) is 12.9. The Morgan fingerprint density at radius 1 is 1.22 bits per heavy atom. The van der Waals surface area contributed by atoms with Crippen molar-refractivity contribution in [1.82, 2.24) is 10.6 Å². The van der Waals surface area contributed by atoms with E-state index in [1.807, 2.05) is 13.2 Å². The van der Waals surface area contributed by atoms with E-state index in [4.69, 9.17) is 16.3 Å². The van der Waals surface area contributed by atoms with E-state index < -0.39 is 12.0 Å². The van der Waals surface area contributed by atoms with Crippen LogP contribution in [-0.4, -0.2) is 48.5 Å². The second kappa shape index (κ2) is 10.6. The molecule has 27 heavy (non-hydrogen) atoms. The van der Waals surface area contributed by atoms with E-state index in [0.29, 0.717) is 28.7 Å². The lowest BCUT2D eigenvalue weighted by molar-refractivity contribution is -0.150. The van der Waals surface area contributed by atoms with Crippen LogP contribution in [-0.2, 0) is 14.3 Å². The zero-order chi connectivity index (χ0) is 19.8. The Kier molecular flexibility index (Phi) is 8.44. The van der Waals surface area contributed by atoms with Crippen LogP contribution in [0, 0.1) is 5.92 Å². The summed E-state index contributed by atoms with van der Waals surface area (Å²) in [5.41, 5.74) is 0.400. The van der Waals surface area contributed by atoms with Gasteiger partial charge in [0.2, 0.25) is 0 Å². The Morgan fingerprint density at radius 2 is 1.89 bits per heavy atom. The molecule has 1 aliphatic rings. The minimum Gasteiger partial charge on any atom is -0.454 e. The van der Waals surface area contributed by atoms with Crippen LogP contribution in [0.2, 0.25) is 5.02 Å². The van der Waals surface area contributed by atoms with Crippen LogP contribution in [0.1, 0.15) is 36.5 Å². The number of halogens is 1. The van der Waals surface area contributed by atoms with E-state index in [0.717, 1.165) is 12.8 Å². The van der Waals surface area contributed by atoms with E-state index in [2.05, 4.69) is 10.6 Å². The molecule has 1 aromatic rings. The molecular weight excluding hydrogens is 388 g/mol. The third-order valence-corrected chi connectivity index (χ3v) is 5.27. The highest BCUT2D eigenvalue weighted by atomic mass is 35.5. The van der Waals surface area contributed by atoms with Gasteiger partial charge in [0.25, 0.3) is 11.8 Å². The first-order valence-electron chi connectivity index (χ1n) is 8.92. The number of amides is 2. The maximum absolute atomic E-state index is 12.4. The Hall–Kier alpha value is -1.73. The summed E-state index contributed by atoms with van der Waals surface area (Å²) in [4.78, 5) is 36.6. The molecule has 8 heteroatoms. The minimum absolute atomic E-state index is 0.0908. The lowest BCUT2D eigenvalue weighted by atomic mass is 10.1. The van der Waals surface area contributed by atoms with Gasteiger partial charge in [-0.15, -0.1) is 0 Å². The highest BCUT2D eigenvalue weighted by Crippen LogP contribution is 2.32. The van der Waals surface area contributed by atoms with Crippen LogP contribution >= 0.6 is 23.4 Å². The second-order valence-corrected chi connectivity index (χ2v) is 8.04. The van der Waals surface area contributed by atoms with Gasteiger partial charge in [-0.05, 0) is 68.4 Å². The molecule has 2 N–H and O–H groups in total. The number of hydrogen-bond acceptors (Lipinski definition) is 5. The molecule has 0 aromatic heterocycles. The van der Waals surface area contributed by atoms with Crippen LogP contribution < -0.4 is 10.6 Å². The van der Waals surface area contributed by atoms with Crippen LogP contribution in [0.15, 0.2) is 24.3 Å². The minimum atomic E-state index is -0.811. The summed E-state index contributed by atoms with van der Waals surface area (Å²) < 4.78 is 5.12. The molecule has 0 radical (unpaired) electrons. The third-order valence-electron chi connectivity index (χ3n) is 4.37. The Labute approximate surface area is 168 Å². The van der Waals surface area contributed by atoms with E-state index in [1.54, 1.807) is 36.0 Å². The Balaban J connectivity index is 1.87. The van der Waals surface area contributed by atoms with Crippen molar-refractivity contribution in [3.63, 3.8) is 0 Å². The number of nitrogens with one attached hydrogen (secondary N) is 2. The van der Waals surface area contributed by atoms with Gasteiger partial charge in [-0.1, -0.05) is 11.6 Å². The van der Waals surface area contributed by atoms with Gasteiger partial charge in [0.05, 0.1) is 0 Å². The smallest absolute Gasteiger partial charge is 0.329 e. The van der Waals surface area contributed by atoms with E-state index in [1.165, 1.54) is 0 Å². The first kappa shape index (κ1) is 21.6. The second-order valence-electron chi connectivity index (χ2n) is 6.62. The molecule has 0 spiro atoms. The number of carbonyl (C=O) groups excluding carboxylic acids is 3. The zero-order valence-electron chi connectivity index (χ0n) is 15.5.